The Labute approximate surface area is 113 Å². The molecule has 2 rings (SSSR count). The van der Waals surface area contributed by atoms with Crippen LogP contribution in [0.25, 0.3) is 5.57 Å². The minimum Gasteiger partial charge on any atom is -0.489 e. The van der Waals surface area contributed by atoms with E-state index in [1.165, 1.54) is 0 Å². The molecule has 0 aliphatic carbocycles. The van der Waals surface area contributed by atoms with Gasteiger partial charge in [-0.25, -0.2) is 0 Å². The lowest BCUT2D eigenvalue weighted by Gasteiger charge is -2.07. The van der Waals surface area contributed by atoms with Crippen LogP contribution in [0.2, 0.25) is 0 Å². The number of aldehydes is 1. The molecule has 96 valence electrons. The summed E-state index contributed by atoms with van der Waals surface area (Å²) in [6, 6.07) is 17.8. The second-order valence-electron chi connectivity index (χ2n) is 4.28. The normalized spacial score (nSPS) is 11.1. The summed E-state index contributed by atoms with van der Waals surface area (Å²) in [4.78, 5) is 10.4. The maximum atomic E-state index is 10.4. The lowest BCUT2D eigenvalue weighted by Crippen LogP contribution is -1.94. The van der Waals surface area contributed by atoms with Crippen molar-refractivity contribution < 1.29 is 9.53 Å². The van der Waals surface area contributed by atoms with E-state index >= 15 is 0 Å². The number of carbonyl (C=O) groups is 1. The van der Waals surface area contributed by atoms with Crippen molar-refractivity contribution >= 4 is 11.9 Å². The van der Waals surface area contributed by atoms with Crippen molar-refractivity contribution in [1.82, 2.24) is 0 Å². The van der Waals surface area contributed by atoms with Gasteiger partial charge < -0.3 is 4.74 Å². The molecule has 0 heterocycles. The lowest BCUT2D eigenvalue weighted by molar-refractivity contribution is -0.104. The quantitative estimate of drug-likeness (QED) is 0.596. The van der Waals surface area contributed by atoms with Crippen molar-refractivity contribution in [2.24, 2.45) is 0 Å². The molecule has 0 aliphatic heterocycles. The van der Waals surface area contributed by atoms with E-state index in [2.05, 4.69) is 0 Å². The molecule has 19 heavy (non-hydrogen) atoms. The van der Waals surface area contributed by atoms with Crippen molar-refractivity contribution in [3.8, 4) is 5.75 Å². The summed E-state index contributed by atoms with van der Waals surface area (Å²) in [6.07, 6.45) is 2.36. The smallest absolute Gasteiger partial charge is 0.143 e. The zero-order chi connectivity index (χ0) is 13.5. The molecule has 0 spiro atoms. The van der Waals surface area contributed by atoms with Crippen LogP contribution in [-0.4, -0.2) is 6.29 Å². The Hall–Kier alpha value is -2.35. The van der Waals surface area contributed by atoms with E-state index in [9.17, 15) is 4.79 Å². The summed E-state index contributed by atoms with van der Waals surface area (Å²) in [5.41, 5.74) is 3.12. The maximum Gasteiger partial charge on any atom is 0.143 e. The minimum atomic E-state index is 0.559. The SMILES string of the molecule is CC(=CC=O)c1ccc(OCc2ccccc2)cc1. The van der Waals surface area contributed by atoms with Gasteiger partial charge in [-0.3, -0.25) is 4.79 Å². The Kier molecular flexibility index (Phi) is 4.51. The highest BCUT2D eigenvalue weighted by Crippen LogP contribution is 2.18. The number of ether oxygens (including phenoxy) is 1. The Morgan fingerprint density at radius 1 is 1.05 bits per heavy atom. The number of benzene rings is 2. The summed E-state index contributed by atoms with van der Waals surface area (Å²) in [5, 5.41) is 0. The molecule has 2 aromatic rings. The molecule has 0 atom stereocenters. The first kappa shape index (κ1) is 13.1. The number of allylic oxidation sites excluding steroid dienone is 2. The van der Waals surface area contributed by atoms with Gasteiger partial charge >= 0.3 is 0 Å². The van der Waals surface area contributed by atoms with Gasteiger partial charge in [0.25, 0.3) is 0 Å². The fourth-order valence-corrected chi connectivity index (χ4v) is 1.75. The first-order valence-electron chi connectivity index (χ1n) is 6.19. The Bertz CT molecular complexity index is 554. The van der Waals surface area contributed by atoms with Crippen LogP contribution in [0.1, 0.15) is 18.1 Å². The molecule has 0 radical (unpaired) electrons. The van der Waals surface area contributed by atoms with E-state index in [1.807, 2.05) is 61.5 Å². The summed E-state index contributed by atoms with van der Waals surface area (Å²) in [5.74, 6) is 0.825. The van der Waals surface area contributed by atoms with Crippen molar-refractivity contribution in [2.75, 3.05) is 0 Å². The summed E-state index contributed by atoms with van der Waals surface area (Å²) in [6.45, 7) is 2.47. The number of carbonyl (C=O) groups excluding carboxylic acids is 1. The first-order chi connectivity index (χ1) is 9.29. The van der Waals surface area contributed by atoms with E-state index in [0.717, 1.165) is 28.7 Å². The second kappa shape index (κ2) is 6.55. The van der Waals surface area contributed by atoms with Gasteiger partial charge in [-0.15, -0.1) is 0 Å². The molecule has 0 saturated carbocycles. The third-order valence-electron chi connectivity index (χ3n) is 2.88. The van der Waals surface area contributed by atoms with Gasteiger partial charge in [0, 0.05) is 0 Å². The highest BCUT2D eigenvalue weighted by atomic mass is 16.5. The third kappa shape index (κ3) is 3.81. The van der Waals surface area contributed by atoms with Crippen LogP contribution in [0.3, 0.4) is 0 Å². The molecule has 0 aliphatic rings. The summed E-state index contributed by atoms with van der Waals surface area (Å²) < 4.78 is 5.70. The minimum absolute atomic E-state index is 0.559. The van der Waals surface area contributed by atoms with Gasteiger partial charge in [0.15, 0.2) is 0 Å². The van der Waals surface area contributed by atoms with Gasteiger partial charge in [0.05, 0.1) is 0 Å². The van der Waals surface area contributed by atoms with Crippen molar-refractivity contribution in [3.63, 3.8) is 0 Å². The van der Waals surface area contributed by atoms with Gasteiger partial charge in [-0.2, -0.15) is 0 Å². The van der Waals surface area contributed by atoms with Gasteiger partial charge in [0.2, 0.25) is 0 Å². The van der Waals surface area contributed by atoms with Crippen LogP contribution in [-0.2, 0) is 11.4 Å². The Balaban J connectivity index is 1.99. The van der Waals surface area contributed by atoms with E-state index in [-0.39, 0.29) is 0 Å². The maximum absolute atomic E-state index is 10.4. The van der Waals surface area contributed by atoms with E-state index in [4.69, 9.17) is 4.74 Å². The molecule has 2 heteroatoms. The monoisotopic (exact) mass is 252 g/mol. The third-order valence-corrected chi connectivity index (χ3v) is 2.88. The van der Waals surface area contributed by atoms with Crippen LogP contribution >= 0.6 is 0 Å². The molecular formula is C17H16O2. The van der Waals surface area contributed by atoms with Gasteiger partial charge in [0.1, 0.15) is 18.6 Å². The largest absolute Gasteiger partial charge is 0.489 e. The molecule has 0 amide bonds. The van der Waals surface area contributed by atoms with Gasteiger partial charge in [-0.1, -0.05) is 42.5 Å². The first-order valence-corrected chi connectivity index (χ1v) is 6.19. The van der Waals surface area contributed by atoms with E-state index < -0.39 is 0 Å². The molecule has 0 fully saturated rings. The van der Waals surface area contributed by atoms with Crippen LogP contribution < -0.4 is 4.74 Å². The summed E-state index contributed by atoms with van der Waals surface area (Å²) in [7, 11) is 0. The average Bonchev–Trinajstić information content (AvgIpc) is 2.47. The average molecular weight is 252 g/mol. The second-order valence-corrected chi connectivity index (χ2v) is 4.28. The predicted octanol–water partition coefficient (Wildman–Crippen LogP) is 3.87. The van der Waals surface area contributed by atoms with Crippen molar-refractivity contribution in [1.29, 1.82) is 0 Å². The predicted molar refractivity (Wildman–Crippen MR) is 76.9 cm³/mol. The molecular weight excluding hydrogens is 236 g/mol. The van der Waals surface area contributed by atoms with Crippen LogP contribution in [0.5, 0.6) is 5.75 Å². The molecule has 0 aromatic heterocycles. The molecule has 0 N–H and O–H groups in total. The Morgan fingerprint density at radius 2 is 1.74 bits per heavy atom. The molecule has 2 aromatic carbocycles. The van der Waals surface area contributed by atoms with Crippen LogP contribution in [0, 0.1) is 0 Å². The van der Waals surface area contributed by atoms with Gasteiger partial charge in [-0.05, 0) is 41.8 Å². The highest BCUT2D eigenvalue weighted by molar-refractivity contribution is 5.80. The fraction of sp³-hybridized carbons (Fsp3) is 0.118. The van der Waals surface area contributed by atoms with Crippen molar-refractivity contribution in [2.45, 2.75) is 13.5 Å². The van der Waals surface area contributed by atoms with E-state index in [1.54, 1.807) is 6.08 Å². The zero-order valence-corrected chi connectivity index (χ0v) is 10.9. The van der Waals surface area contributed by atoms with Crippen LogP contribution in [0.15, 0.2) is 60.7 Å². The topological polar surface area (TPSA) is 26.3 Å². The standard InChI is InChI=1S/C17H16O2/c1-14(11-12-18)16-7-9-17(10-8-16)19-13-15-5-3-2-4-6-15/h2-12H,13H2,1H3. The number of hydrogen-bond acceptors (Lipinski definition) is 2. The number of hydrogen-bond donors (Lipinski definition) is 0. The fourth-order valence-electron chi connectivity index (χ4n) is 1.75. The molecule has 0 bridgehead atoms. The highest BCUT2D eigenvalue weighted by Gasteiger charge is 1.98. The van der Waals surface area contributed by atoms with Crippen molar-refractivity contribution in [3.05, 3.63) is 71.8 Å². The van der Waals surface area contributed by atoms with E-state index in [0.29, 0.717) is 6.61 Å². The Morgan fingerprint density at radius 3 is 2.37 bits per heavy atom. The molecule has 2 nitrogen and oxygen atoms in total. The number of rotatable bonds is 5. The summed E-state index contributed by atoms with van der Waals surface area (Å²) >= 11 is 0. The molecule has 0 saturated heterocycles. The zero-order valence-electron chi connectivity index (χ0n) is 10.9. The lowest BCUT2D eigenvalue weighted by atomic mass is 10.1. The van der Waals surface area contributed by atoms with Crippen LogP contribution in [0.4, 0.5) is 0 Å². The molecule has 0 unspecified atom stereocenters.